The van der Waals surface area contributed by atoms with E-state index in [1.807, 2.05) is 42.7 Å². The molecule has 0 saturated heterocycles. The van der Waals surface area contributed by atoms with Gasteiger partial charge in [-0.2, -0.15) is 13.2 Å². The number of carbonyl (C=O) groups excluding carboxylic acids is 1. The van der Waals surface area contributed by atoms with Crippen molar-refractivity contribution >= 4 is 17.4 Å². The van der Waals surface area contributed by atoms with Crippen molar-refractivity contribution in [3.63, 3.8) is 0 Å². The van der Waals surface area contributed by atoms with Crippen LogP contribution < -0.4 is 5.56 Å². The van der Waals surface area contributed by atoms with Gasteiger partial charge in [-0.15, -0.1) is 0 Å². The predicted molar refractivity (Wildman–Crippen MR) is 105 cm³/mol. The Morgan fingerprint density at radius 1 is 1.07 bits per heavy atom. The third-order valence-electron chi connectivity index (χ3n) is 4.71. The van der Waals surface area contributed by atoms with Crippen LogP contribution in [0, 0.1) is 20.8 Å². The number of Topliss-reactive ketones (excluding diaryl/α,β-unsaturated/α-hetero) is 1. The average Bonchev–Trinajstić information content (AvgIpc) is 2.93. The first-order valence-corrected chi connectivity index (χ1v) is 9.13. The summed E-state index contributed by atoms with van der Waals surface area (Å²) in [6.45, 7) is 5.01. The van der Waals surface area contributed by atoms with Gasteiger partial charge in [0.25, 0.3) is 5.56 Å². The van der Waals surface area contributed by atoms with Gasteiger partial charge < -0.3 is 9.13 Å². The van der Waals surface area contributed by atoms with E-state index in [1.165, 1.54) is 0 Å². The number of hydrogen-bond acceptors (Lipinski definition) is 2. The molecule has 152 valence electrons. The van der Waals surface area contributed by atoms with Gasteiger partial charge in [0.05, 0.1) is 12.1 Å². The van der Waals surface area contributed by atoms with E-state index in [0.29, 0.717) is 28.1 Å². The number of nitrogens with zero attached hydrogens (tertiary/aromatic N) is 2. The summed E-state index contributed by atoms with van der Waals surface area (Å²) in [6.07, 6.45) is -4.06. The molecule has 0 unspecified atom stereocenters. The zero-order chi connectivity index (χ0) is 21.5. The van der Waals surface area contributed by atoms with Crippen LogP contribution in [0.3, 0.4) is 0 Å². The summed E-state index contributed by atoms with van der Waals surface area (Å²) >= 11 is 5.66. The van der Waals surface area contributed by atoms with E-state index < -0.39 is 34.6 Å². The highest BCUT2D eigenvalue weighted by molar-refractivity contribution is 6.30. The van der Waals surface area contributed by atoms with Crippen LogP contribution in [-0.2, 0) is 12.7 Å². The maximum atomic E-state index is 13.0. The molecule has 2 heterocycles. The molecule has 0 fully saturated rings. The molecule has 0 atom stereocenters. The van der Waals surface area contributed by atoms with Gasteiger partial charge in [0.15, 0.2) is 5.78 Å². The van der Waals surface area contributed by atoms with Crippen LogP contribution in [0.4, 0.5) is 13.2 Å². The average molecular weight is 423 g/mol. The van der Waals surface area contributed by atoms with Crippen LogP contribution in [0.2, 0.25) is 5.02 Å². The molecule has 3 aromatic rings. The minimum atomic E-state index is -4.68. The summed E-state index contributed by atoms with van der Waals surface area (Å²) in [5.41, 5.74) is 1.80. The van der Waals surface area contributed by atoms with E-state index in [0.717, 1.165) is 16.9 Å². The molecule has 0 bridgehead atoms. The zero-order valence-corrected chi connectivity index (χ0v) is 16.7. The van der Waals surface area contributed by atoms with Gasteiger partial charge in [-0.25, -0.2) is 0 Å². The number of alkyl halides is 3. The lowest BCUT2D eigenvalue weighted by Crippen LogP contribution is -2.26. The number of rotatable bonds is 4. The molecular weight excluding hydrogens is 405 g/mol. The first kappa shape index (κ1) is 20.9. The highest BCUT2D eigenvalue weighted by atomic mass is 35.5. The van der Waals surface area contributed by atoms with Crippen LogP contribution in [0.25, 0.3) is 5.69 Å². The molecule has 0 aliphatic rings. The Morgan fingerprint density at radius 2 is 1.69 bits per heavy atom. The molecule has 0 N–H and O–H groups in total. The second-order valence-corrected chi connectivity index (χ2v) is 7.29. The van der Waals surface area contributed by atoms with Gasteiger partial charge in [-0.3, -0.25) is 9.59 Å². The topological polar surface area (TPSA) is 44.0 Å². The maximum absolute atomic E-state index is 13.0. The smallest absolute Gasteiger partial charge is 0.318 e. The lowest BCUT2D eigenvalue weighted by atomic mass is 10.1. The number of hydrogen-bond donors (Lipinski definition) is 0. The largest absolute Gasteiger partial charge is 0.417 e. The SMILES string of the molecule is Cc1ccc(-n2c(C)cc(C(=O)Cn3cc(C(F)(F)F)cc(Cl)c3=O)c2C)cc1. The van der Waals surface area contributed by atoms with Gasteiger partial charge in [0, 0.05) is 28.8 Å². The van der Waals surface area contributed by atoms with Gasteiger partial charge in [0.1, 0.15) is 5.02 Å². The van der Waals surface area contributed by atoms with Gasteiger partial charge >= 0.3 is 6.18 Å². The fourth-order valence-corrected chi connectivity index (χ4v) is 3.47. The van der Waals surface area contributed by atoms with Gasteiger partial charge in [0.2, 0.25) is 0 Å². The third-order valence-corrected chi connectivity index (χ3v) is 4.98. The number of aromatic nitrogens is 2. The van der Waals surface area contributed by atoms with E-state index in [9.17, 15) is 22.8 Å². The van der Waals surface area contributed by atoms with Crippen molar-refractivity contribution in [1.29, 1.82) is 0 Å². The second kappa shape index (κ2) is 7.55. The number of pyridine rings is 1. The minimum absolute atomic E-state index is 0.337. The molecule has 3 rings (SSSR count). The quantitative estimate of drug-likeness (QED) is 0.548. The molecule has 0 radical (unpaired) electrons. The Labute approximate surface area is 170 Å². The standard InChI is InChI=1S/C21H18ClF3N2O2/c1-12-4-6-16(7-5-12)27-13(2)8-17(14(27)3)19(28)11-26-10-15(21(23,24)25)9-18(22)20(26)29/h4-10H,11H2,1-3H3. The van der Waals surface area contributed by atoms with E-state index >= 15 is 0 Å². The summed E-state index contributed by atoms with van der Waals surface area (Å²) in [6, 6.07) is 9.95. The lowest BCUT2D eigenvalue weighted by Gasteiger charge is -2.12. The Balaban J connectivity index is 1.99. The summed E-state index contributed by atoms with van der Waals surface area (Å²) < 4.78 is 41.6. The summed E-state index contributed by atoms with van der Waals surface area (Å²) in [7, 11) is 0. The van der Waals surface area contributed by atoms with E-state index in [1.54, 1.807) is 13.0 Å². The molecule has 1 aromatic carbocycles. The molecule has 4 nitrogen and oxygen atoms in total. The first-order chi connectivity index (χ1) is 13.5. The number of benzene rings is 1. The van der Waals surface area contributed by atoms with E-state index in [-0.39, 0.29) is 0 Å². The van der Waals surface area contributed by atoms with Crippen molar-refractivity contribution in [2.24, 2.45) is 0 Å². The van der Waals surface area contributed by atoms with Crippen molar-refractivity contribution in [2.75, 3.05) is 0 Å². The highest BCUT2D eigenvalue weighted by Gasteiger charge is 2.32. The van der Waals surface area contributed by atoms with Crippen LogP contribution in [0.5, 0.6) is 0 Å². The van der Waals surface area contributed by atoms with Crippen molar-refractivity contribution in [3.05, 3.63) is 86.0 Å². The Morgan fingerprint density at radius 3 is 2.28 bits per heavy atom. The number of halogens is 4. The molecule has 0 saturated carbocycles. The van der Waals surface area contributed by atoms with E-state index in [4.69, 9.17) is 11.6 Å². The van der Waals surface area contributed by atoms with Gasteiger partial charge in [-0.05, 0) is 45.0 Å². The fourth-order valence-electron chi connectivity index (χ4n) is 3.25. The Hall–Kier alpha value is -2.80. The number of ketones is 1. The van der Waals surface area contributed by atoms with Crippen molar-refractivity contribution in [1.82, 2.24) is 9.13 Å². The number of aryl methyl sites for hydroxylation is 2. The molecule has 0 aliphatic heterocycles. The maximum Gasteiger partial charge on any atom is 0.417 e. The molecule has 8 heteroatoms. The Bertz CT molecular complexity index is 1140. The van der Waals surface area contributed by atoms with Crippen LogP contribution in [0.1, 0.15) is 32.9 Å². The summed E-state index contributed by atoms with van der Waals surface area (Å²) in [4.78, 5) is 24.9. The van der Waals surface area contributed by atoms with Crippen molar-refractivity contribution < 1.29 is 18.0 Å². The third kappa shape index (κ3) is 4.15. The summed E-state index contributed by atoms with van der Waals surface area (Å²) in [5.74, 6) is -0.478. The molecule has 0 spiro atoms. The Kier molecular flexibility index (Phi) is 5.45. The van der Waals surface area contributed by atoms with Crippen LogP contribution in [0.15, 0.2) is 47.4 Å². The number of carbonyl (C=O) groups is 1. The molecule has 0 aliphatic carbocycles. The molecular formula is C21H18ClF3N2O2. The minimum Gasteiger partial charge on any atom is -0.318 e. The van der Waals surface area contributed by atoms with E-state index in [2.05, 4.69) is 0 Å². The fraction of sp³-hybridized carbons (Fsp3) is 0.238. The molecule has 29 heavy (non-hydrogen) atoms. The monoisotopic (exact) mass is 422 g/mol. The van der Waals surface area contributed by atoms with Crippen molar-refractivity contribution in [3.8, 4) is 5.69 Å². The summed E-state index contributed by atoms with van der Waals surface area (Å²) in [5, 5.41) is -0.585. The highest BCUT2D eigenvalue weighted by Crippen LogP contribution is 2.30. The molecule has 2 aromatic heterocycles. The zero-order valence-electron chi connectivity index (χ0n) is 16.0. The lowest BCUT2D eigenvalue weighted by molar-refractivity contribution is -0.138. The first-order valence-electron chi connectivity index (χ1n) is 8.75. The van der Waals surface area contributed by atoms with Gasteiger partial charge in [-0.1, -0.05) is 29.3 Å². The van der Waals surface area contributed by atoms with Crippen LogP contribution >= 0.6 is 11.6 Å². The molecule has 0 amide bonds. The predicted octanol–water partition coefficient (Wildman–Crippen LogP) is 5.12. The normalized spacial score (nSPS) is 11.7. The van der Waals surface area contributed by atoms with Crippen LogP contribution in [-0.4, -0.2) is 14.9 Å². The van der Waals surface area contributed by atoms with Crippen molar-refractivity contribution in [2.45, 2.75) is 33.5 Å². The second-order valence-electron chi connectivity index (χ2n) is 6.89.